The van der Waals surface area contributed by atoms with Crippen LogP contribution < -0.4 is 5.32 Å². The van der Waals surface area contributed by atoms with Gasteiger partial charge in [-0.1, -0.05) is 0 Å². The van der Waals surface area contributed by atoms with Gasteiger partial charge in [0.1, 0.15) is 0 Å². The summed E-state index contributed by atoms with van der Waals surface area (Å²) in [7, 11) is 3.64. The molecule has 4 nitrogen and oxygen atoms in total. The average molecular weight is 238 g/mol. The highest BCUT2D eigenvalue weighted by Crippen LogP contribution is 2.18. The van der Waals surface area contributed by atoms with Gasteiger partial charge in [0.2, 0.25) is 0 Å². The van der Waals surface area contributed by atoms with Crippen LogP contribution in [-0.4, -0.2) is 39.0 Å². The molecular formula is C13H22N2O2. The predicted molar refractivity (Wildman–Crippen MR) is 68.1 cm³/mol. The molecule has 1 atom stereocenters. The molecule has 1 aromatic rings. The number of ether oxygens (including phenoxy) is 2. The van der Waals surface area contributed by atoms with Crippen molar-refractivity contribution in [2.24, 2.45) is 0 Å². The normalized spacial score (nSPS) is 12.6. The lowest BCUT2D eigenvalue weighted by Gasteiger charge is -2.18. The summed E-state index contributed by atoms with van der Waals surface area (Å²) >= 11 is 0. The van der Waals surface area contributed by atoms with Crippen LogP contribution in [0.2, 0.25) is 0 Å². The second-order valence-electron chi connectivity index (χ2n) is 3.97. The van der Waals surface area contributed by atoms with Gasteiger partial charge in [-0.25, -0.2) is 0 Å². The lowest BCUT2D eigenvalue weighted by molar-refractivity contribution is 0.0660. The average Bonchev–Trinajstić information content (AvgIpc) is 2.35. The van der Waals surface area contributed by atoms with Crippen molar-refractivity contribution in [3.05, 3.63) is 29.6 Å². The minimum atomic E-state index is 0.297. The molecule has 0 aliphatic rings. The van der Waals surface area contributed by atoms with Crippen LogP contribution in [0.3, 0.4) is 0 Å². The minimum Gasteiger partial charge on any atom is -0.382 e. The Balaban J connectivity index is 2.41. The zero-order chi connectivity index (χ0) is 12.5. The van der Waals surface area contributed by atoms with E-state index in [2.05, 4.69) is 17.2 Å². The van der Waals surface area contributed by atoms with E-state index in [-0.39, 0.29) is 0 Å². The number of nitrogens with zero attached hydrogens (tertiary/aromatic N) is 1. The lowest BCUT2D eigenvalue weighted by atomic mass is 10.0. The zero-order valence-electron chi connectivity index (χ0n) is 10.9. The van der Waals surface area contributed by atoms with E-state index in [1.165, 1.54) is 11.1 Å². The summed E-state index contributed by atoms with van der Waals surface area (Å²) in [5, 5.41) is 3.30. The number of aryl methyl sites for hydroxylation is 1. The smallest absolute Gasteiger partial charge is 0.0700 e. The largest absolute Gasteiger partial charge is 0.382 e. The molecular weight excluding hydrogens is 216 g/mol. The summed E-state index contributed by atoms with van der Waals surface area (Å²) in [5.41, 5.74) is 2.50. The zero-order valence-corrected chi connectivity index (χ0v) is 10.9. The molecule has 0 aliphatic heterocycles. The van der Waals surface area contributed by atoms with Crippen molar-refractivity contribution < 1.29 is 9.47 Å². The van der Waals surface area contributed by atoms with Gasteiger partial charge in [0.15, 0.2) is 0 Å². The third-order valence-electron chi connectivity index (χ3n) is 2.79. The Kier molecular flexibility index (Phi) is 6.77. The van der Waals surface area contributed by atoms with E-state index in [0.717, 1.165) is 13.0 Å². The van der Waals surface area contributed by atoms with Crippen LogP contribution >= 0.6 is 0 Å². The van der Waals surface area contributed by atoms with Crippen molar-refractivity contribution in [1.29, 1.82) is 0 Å². The van der Waals surface area contributed by atoms with Crippen LogP contribution in [0.1, 0.15) is 23.6 Å². The Morgan fingerprint density at radius 2 is 2.18 bits per heavy atom. The fraction of sp³-hybridized carbons (Fsp3) is 0.615. The Labute approximate surface area is 103 Å². The van der Waals surface area contributed by atoms with Crippen LogP contribution in [-0.2, 0) is 9.47 Å². The molecule has 0 aromatic carbocycles. The summed E-state index contributed by atoms with van der Waals surface area (Å²) < 4.78 is 10.4. The summed E-state index contributed by atoms with van der Waals surface area (Å²) in [6.07, 6.45) is 4.68. The highest BCUT2D eigenvalue weighted by Gasteiger charge is 2.11. The number of aromatic nitrogens is 1. The minimum absolute atomic E-state index is 0.297. The topological polar surface area (TPSA) is 43.4 Å². The molecule has 0 spiro atoms. The van der Waals surface area contributed by atoms with Crippen LogP contribution in [0.4, 0.5) is 0 Å². The van der Waals surface area contributed by atoms with Crippen molar-refractivity contribution in [1.82, 2.24) is 10.3 Å². The van der Waals surface area contributed by atoms with Gasteiger partial charge in [0.25, 0.3) is 0 Å². The van der Waals surface area contributed by atoms with Crippen LogP contribution in [0.5, 0.6) is 0 Å². The first-order valence-corrected chi connectivity index (χ1v) is 5.94. The third kappa shape index (κ3) is 4.81. The first-order valence-electron chi connectivity index (χ1n) is 5.94. The molecule has 4 heteroatoms. The Morgan fingerprint density at radius 1 is 1.35 bits per heavy atom. The van der Waals surface area contributed by atoms with Gasteiger partial charge in [-0.15, -0.1) is 0 Å². The Bertz CT molecular complexity index is 318. The first-order chi connectivity index (χ1) is 8.29. The number of nitrogens with one attached hydrogen (secondary N) is 1. The molecule has 1 unspecified atom stereocenters. The van der Waals surface area contributed by atoms with E-state index < -0.39 is 0 Å². The lowest BCUT2D eigenvalue weighted by Crippen LogP contribution is -2.20. The molecule has 0 amide bonds. The van der Waals surface area contributed by atoms with E-state index in [1.54, 1.807) is 7.11 Å². The first kappa shape index (κ1) is 14.1. The van der Waals surface area contributed by atoms with Crippen LogP contribution in [0, 0.1) is 6.92 Å². The maximum absolute atomic E-state index is 5.48. The molecule has 1 N–H and O–H groups in total. The third-order valence-corrected chi connectivity index (χ3v) is 2.79. The maximum atomic E-state index is 5.48. The molecule has 1 aromatic heterocycles. The molecule has 0 radical (unpaired) electrons. The fourth-order valence-electron chi connectivity index (χ4n) is 1.74. The van der Waals surface area contributed by atoms with Gasteiger partial charge in [-0.2, -0.15) is 0 Å². The number of rotatable bonds is 8. The standard InChI is InChI=1S/C13H22N2O2/c1-11-4-6-15-10-12(11)13(14-2)5-7-17-9-8-16-3/h4,6,10,13-14H,5,7-9H2,1-3H3. The van der Waals surface area contributed by atoms with Gasteiger partial charge in [-0.3, -0.25) is 4.98 Å². The highest BCUT2D eigenvalue weighted by atomic mass is 16.5. The van der Waals surface area contributed by atoms with Crippen molar-refractivity contribution in [2.45, 2.75) is 19.4 Å². The summed E-state index contributed by atoms with van der Waals surface area (Å²) in [4.78, 5) is 4.17. The Hall–Kier alpha value is -0.970. The Morgan fingerprint density at radius 3 is 2.82 bits per heavy atom. The van der Waals surface area contributed by atoms with Crippen molar-refractivity contribution in [2.75, 3.05) is 34.0 Å². The summed E-state index contributed by atoms with van der Waals surface area (Å²) in [6.45, 7) is 4.13. The molecule has 96 valence electrons. The van der Waals surface area contributed by atoms with Gasteiger partial charge in [-0.05, 0) is 37.6 Å². The molecule has 0 fully saturated rings. The van der Waals surface area contributed by atoms with Gasteiger partial charge >= 0.3 is 0 Å². The maximum Gasteiger partial charge on any atom is 0.0700 e. The molecule has 1 heterocycles. The van der Waals surface area contributed by atoms with Crippen molar-refractivity contribution in [3.8, 4) is 0 Å². The van der Waals surface area contributed by atoms with Gasteiger partial charge in [0, 0.05) is 32.2 Å². The second kappa shape index (κ2) is 8.17. The SMILES string of the molecule is CNC(CCOCCOC)c1cnccc1C. The van der Waals surface area contributed by atoms with Crippen LogP contribution in [0.15, 0.2) is 18.5 Å². The fourth-order valence-corrected chi connectivity index (χ4v) is 1.74. The van der Waals surface area contributed by atoms with Crippen molar-refractivity contribution >= 4 is 0 Å². The highest BCUT2D eigenvalue weighted by molar-refractivity contribution is 5.24. The van der Waals surface area contributed by atoms with Crippen LogP contribution in [0.25, 0.3) is 0 Å². The number of methoxy groups -OCH3 is 1. The quantitative estimate of drug-likeness (QED) is 0.700. The number of hydrogen-bond donors (Lipinski definition) is 1. The van der Waals surface area contributed by atoms with E-state index in [9.17, 15) is 0 Å². The summed E-state index contributed by atoms with van der Waals surface area (Å²) in [5.74, 6) is 0. The van der Waals surface area contributed by atoms with E-state index in [1.807, 2.05) is 25.5 Å². The molecule has 0 saturated carbocycles. The number of hydrogen-bond acceptors (Lipinski definition) is 4. The monoisotopic (exact) mass is 238 g/mol. The van der Waals surface area contributed by atoms with Gasteiger partial charge in [0.05, 0.1) is 13.2 Å². The summed E-state index contributed by atoms with van der Waals surface area (Å²) in [6, 6.07) is 2.33. The molecule has 0 saturated heterocycles. The molecule has 17 heavy (non-hydrogen) atoms. The van der Waals surface area contributed by atoms with E-state index >= 15 is 0 Å². The van der Waals surface area contributed by atoms with E-state index in [4.69, 9.17) is 9.47 Å². The molecule has 0 aliphatic carbocycles. The van der Waals surface area contributed by atoms with E-state index in [0.29, 0.717) is 19.3 Å². The molecule has 1 rings (SSSR count). The van der Waals surface area contributed by atoms with Gasteiger partial charge < -0.3 is 14.8 Å². The number of pyridine rings is 1. The second-order valence-corrected chi connectivity index (χ2v) is 3.97. The van der Waals surface area contributed by atoms with Crippen molar-refractivity contribution in [3.63, 3.8) is 0 Å². The molecule has 0 bridgehead atoms. The predicted octanol–water partition coefficient (Wildman–Crippen LogP) is 1.70.